The minimum Gasteiger partial charge on any atom is -0.443 e. The first-order valence-corrected chi connectivity index (χ1v) is 12.8. The fourth-order valence-electron chi connectivity index (χ4n) is 4.51. The predicted octanol–water partition coefficient (Wildman–Crippen LogP) is 4.91. The average Bonchev–Trinajstić information content (AvgIpc) is 2.84. The molecule has 1 saturated heterocycles. The lowest BCUT2D eigenvalue weighted by atomic mass is 9.86. The van der Waals surface area contributed by atoms with Gasteiger partial charge in [-0.3, -0.25) is 4.99 Å². The minimum atomic E-state index is -4.26. The molecular formula is C24H32F2N2O6S. The van der Waals surface area contributed by atoms with E-state index in [0.717, 1.165) is 6.07 Å². The van der Waals surface area contributed by atoms with Crippen LogP contribution in [-0.2, 0) is 24.8 Å². The molecule has 1 fully saturated rings. The van der Waals surface area contributed by atoms with Gasteiger partial charge >= 0.3 is 12.2 Å². The van der Waals surface area contributed by atoms with Crippen LogP contribution in [0.25, 0.3) is 0 Å². The lowest BCUT2D eigenvalue weighted by molar-refractivity contribution is 0.0138. The SMILES string of the molecule is CC(C)(C)OC(=O)N(C(=O)OC(C)(C)C)C1=NC(CF)(c2ccccc2F)C2CCC1(C)S2(=O)=O. The van der Waals surface area contributed by atoms with Crippen molar-refractivity contribution in [3.05, 3.63) is 35.6 Å². The molecule has 8 nitrogen and oxygen atoms in total. The summed E-state index contributed by atoms with van der Waals surface area (Å²) in [6.45, 7) is 9.35. The van der Waals surface area contributed by atoms with Gasteiger partial charge < -0.3 is 9.47 Å². The van der Waals surface area contributed by atoms with E-state index >= 15 is 0 Å². The van der Waals surface area contributed by atoms with Crippen LogP contribution in [0.15, 0.2) is 29.3 Å². The van der Waals surface area contributed by atoms with Crippen molar-refractivity contribution in [2.24, 2.45) is 4.99 Å². The molecule has 2 amide bonds. The summed E-state index contributed by atoms with van der Waals surface area (Å²) in [4.78, 5) is 31.4. The summed E-state index contributed by atoms with van der Waals surface area (Å²) in [7, 11) is -4.26. The second-order valence-corrected chi connectivity index (χ2v) is 13.6. The van der Waals surface area contributed by atoms with Crippen LogP contribution in [0.4, 0.5) is 18.4 Å². The molecule has 0 radical (unpaired) electrons. The number of halogens is 2. The fourth-order valence-corrected chi connectivity index (χ4v) is 7.12. The van der Waals surface area contributed by atoms with Crippen LogP contribution in [0.1, 0.15) is 66.9 Å². The Morgan fingerprint density at radius 1 is 1.09 bits per heavy atom. The Hall–Kier alpha value is -2.56. The van der Waals surface area contributed by atoms with Gasteiger partial charge in [0, 0.05) is 5.56 Å². The summed E-state index contributed by atoms with van der Waals surface area (Å²) < 4.78 is 66.4. The molecule has 3 rings (SSSR count). The second kappa shape index (κ2) is 8.53. The number of rotatable bonds is 2. The van der Waals surface area contributed by atoms with Gasteiger partial charge in [-0.15, -0.1) is 0 Å². The summed E-state index contributed by atoms with van der Waals surface area (Å²) >= 11 is 0. The van der Waals surface area contributed by atoms with E-state index in [2.05, 4.69) is 4.99 Å². The maximum atomic E-state index is 14.9. The summed E-state index contributed by atoms with van der Waals surface area (Å²) in [5.41, 5.74) is -4.59. The Labute approximate surface area is 204 Å². The van der Waals surface area contributed by atoms with Crippen molar-refractivity contribution in [1.82, 2.24) is 4.90 Å². The highest BCUT2D eigenvalue weighted by molar-refractivity contribution is 7.94. The molecule has 0 N–H and O–H groups in total. The molecule has 35 heavy (non-hydrogen) atoms. The van der Waals surface area contributed by atoms with E-state index in [0.29, 0.717) is 4.90 Å². The van der Waals surface area contributed by atoms with Gasteiger partial charge in [-0.25, -0.2) is 26.8 Å². The number of alkyl halides is 1. The molecule has 11 heteroatoms. The molecule has 2 heterocycles. The topological polar surface area (TPSA) is 102 Å². The van der Waals surface area contributed by atoms with Gasteiger partial charge in [0.15, 0.2) is 9.84 Å². The molecule has 0 spiro atoms. The van der Waals surface area contributed by atoms with Gasteiger partial charge in [0.1, 0.15) is 39.8 Å². The van der Waals surface area contributed by atoms with Crippen molar-refractivity contribution in [3.63, 3.8) is 0 Å². The largest absolute Gasteiger partial charge is 0.443 e. The van der Waals surface area contributed by atoms with Crippen LogP contribution in [-0.4, -0.2) is 59.2 Å². The maximum absolute atomic E-state index is 14.9. The smallest absolute Gasteiger partial charge is 0.425 e. The first-order valence-electron chi connectivity index (χ1n) is 11.3. The van der Waals surface area contributed by atoms with Crippen LogP contribution >= 0.6 is 0 Å². The van der Waals surface area contributed by atoms with Gasteiger partial charge in [0.25, 0.3) is 0 Å². The third kappa shape index (κ3) is 4.54. The van der Waals surface area contributed by atoms with Crippen molar-refractivity contribution in [2.45, 2.75) is 88.0 Å². The first kappa shape index (κ1) is 27.0. The fraction of sp³-hybridized carbons (Fsp3) is 0.625. The van der Waals surface area contributed by atoms with Crippen molar-refractivity contribution in [3.8, 4) is 0 Å². The number of carbonyl (C=O) groups excluding carboxylic acids is 2. The quantitative estimate of drug-likeness (QED) is 0.556. The number of ether oxygens (including phenoxy) is 2. The number of amidine groups is 1. The number of benzene rings is 1. The number of sulfone groups is 1. The van der Waals surface area contributed by atoms with Gasteiger partial charge in [0.2, 0.25) is 0 Å². The van der Waals surface area contributed by atoms with Gasteiger partial charge in [-0.05, 0) is 67.4 Å². The minimum absolute atomic E-state index is 0.0411. The number of fused-ring (bicyclic) bond motifs is 2. The Morgan fingerprint density at radius 3 is 2.06 bits per heavy atom. The lowest BCUT2D eigenvalue weighted by Crippen LogP contribution is -2.62. The highest BCUT2D eigenvalue weighted by Gasteiger charge is 2.67. The summed E-state index contributed by atoms with van der Waals surface area (Å²) in [6, 6.07) is 5.17. The van der Waals surface area contributed by atoms with Crippen LogP contribution in [0.3, 0.4) is 0 Å². The molecule has 2 bridgehead atoms. The van der Waals surface area contributed by atoms with E-state index in [-0.39, 0.29) is 18.4 Å². The van der Waals surface area contributed by atoms with E-state index in [1.54, 1.807) is 41.5 Å². The van der Waals surface area contributed by atoms with E-state index in [1.165, 1.54) is 25.1 Å². The normalized spacial score (nSPS) is 27.7. The van der Waals surface area contributed by atoms with E-state index in [9.17, 15) is 26.8 Å². The van der Waals surface area contributed by atoms with Crippen LogP contribution in [0, 0.1) is 5.82 Å². The number of imide groups is 1. The molecule has 194 valence electrons. The summed E-state index contributed by atoms with van der Waals surface area (Å²) in [5.74, 6) is -1.39. The lowest BCUT2D eigenvalue weighted by Gasteiger charge is -2.43. The Bertz CT molecular complexity index is 1140. The van der Waals surface area contributed by atoms with E-state index < -0.39 is 67.1 Å². The van der Waals surface area contributed by atoms with Gasteiger partial charge in [0.05, 0.1) is 5.25 Å². The average molecular weight is 515 g/mol. The van der Waals surface area contributed by atoms with Gasteiger partial charge in [-0.2, -0.15) is 4.90 Å². The van der Waals surface area contributed by atoms with Gasteiger partial charge in [-0.1, -0.05) is 18.2 Å². The first-order chi connectivity index (χ1) is 15.9. The summed E-state index contributed by atoms with van der Waals surface area (Å²) in [5, 5.41) is -1.38. The molecule has 0 saturated carbocycles. The number of hydrogen-bond donors (Lipinski definition) is 0. The van der Waals surface area contributed by atoms with E-state index in [1.807, 2.05) is 0 Å². The molecule has 1 aromatic carbocycles. The van der Waals surface area contributed by atoms with Crippen LogP contribution in [0.5, 0.6) is 0 Å². The third-order valence-electron chi connectivity index (χ3n) is 6.11. The van der Waals surface area contributed by atoms with Crippen molar-refractivity contribution >= 4 is 27.9 Å². The Balaban J connectivity index is 2.34. The molecular weight excluding hydrogens is 482 g/mol. The van der Waals surface area contributed by atoms with E-state index in [4.69, 9.17) is 9.47 Å². The highest BCUT2D eigenvalue weighted by atomic mass is 32.2. The zero-order chi connectivity index (χ0) is 26.6. The molecule has 0 aromatic heterocycles. The van der Waals surface area contributed by atoms with Crippen LogP contribution < -0.4 is 0 Å². The molecule has 3 atom stereocenters. The molecule has 0 aliphatic carbocycles. The molecule has 2 aliphatic rings. The number of amides is 2. The molecule has 1 aromatic rings. The maximum Gasteiger partial charge on any atom is 0.425 e. The third-order valence-corrected chi connectivity index (χ3v) is 9.12. The van der Waals surface area contributed by atoms with Crippen molar-refractivity contribution < 1.29 is 36.3 Å². The number of hydrogen-bond acceptors (Lipinski definition) is 7. The molecule has 2 aliphatic heterocycles. The number of nitrogens with zero attached hydrogens (tertiary/aromatic N) is 2. The number of carbonyl (C=O) groups is 2. The Kier molecular flexibility index (Phi) is 6.59. The predicted molar refractivity (Wildman–Crippen MR) is 126 cm³/mol. The zero-order valence-corrected chi connectivity index (χ0v) is 21.8. The van der Waals surface area contributed by atoms with Crippen molar-refractivity contribution in [2.75, 3.05) is 6.67 Å². The zero-order valence-electron chi connectivity index (χ0n) is 21.0. The van der Waals surface area contributed by atoms with Crippen molar-refractivity contribution in [1.29, 1.82) is 0 Å². The summed E-state index contributed by atoms with van der Waals surface area (Å²) in [6.07, 6.45) is -2.56. The standard InChI is InChI=1S/C24H32F2N2O6S/c1-21(2,3)33-19(29)28(20(30)34-22(4,5)6)18-23(7)13-12-17(35(23,31)32)24(14-25,27-18)15-10-8-9-11-16(15)26/h8-11,17H,12-14H2,1-7H3. The monoisotopic (exact) mass is 514 g/mol. The number of aliphatic imine (C=N–C) groups is 1. The van der Waals surface area contributed by atoms with Crippen LogP contribution in [0.2, 0.25) is 0 Å². The highest BCUT2D eigenvalue weighted by Crippen LogP contribution is 2.53. The molecule has 3 unspecified atom stereocenters. The Morgan fingerprint density at radius 2 is 1.60 bits per heavy atom. The second-order valence-electron chi connectivity index (χ2n) is 11.1.